The molecule has 0 fully saturated rings. The van der Waals surface area contributed by atoms with Crippen molar-refractivity contribution >= 4 is 10.1 Å². The number of hydrogen-bond donors (Lipinski definition) is 0. The van der Waals surface area contributed by atoms with E-state index >= 15 is 0 Å². The largest absolute Gasteiger partial charge is 0.741 e. The lowest BCUT2D eigenvalue weighted by Crippen LogP contribution is -2.33. The van der Waals surface area contributed by atoms with Crippen LogP contribution < -0.4 is 4.57 Å². The average molecular weight is 369 g/mol. The van der Waals surface area contributed by atoms with Gasteiger partial charge in [0.2, 0.25) is 0 Å². The molecule has 0 aromatic carbocycles. The Morgan fingerprint density at radius 1 is 1.08 bits per heavy atom. The van der Waals surface area contributed by atoms with E-state index in [2.05, 4.69) is 42.9 Å². The van der Waals surface area contributed by atoms with Crippen LogP contribution in [0.1, 0.15) is 57.9 Å². The molecule has 1 heterocycles. The number of aromatic nitrogens is 1. The standard InChI is InChI=1S/C15H26N.CHF3O3S/c1-3-5-7-8-12-16-13-9-11-15(14-16)10-6-4-2;2-1(3,4)8(5,6)7/h9,11,13-14H,3-8,10,12H2,1-2H3;(H,5,6,7)/q+1;/p-1. The highest BCUT2D eigenvalue weighted by Crippen LogP contribution is 2.20. The van der Waals surface area contributed by atoms with Gasteiger partial charge >= 0.3 is 5.51 Å². The van der Waals surface area contributed by atoms with Gasteiger partial charge in [0.25, 0.3) is 0 Å². The minimum atomic E-state index is -6.09. The number of halogens is 3. The SMILES string of the molecule is CCCCCC[n+]1cccc(CCCC)c1.O=S(=O)([O-])C(F)(F)F. The van der Waals surface area contributed by atoms with Crippen LogP contribution in [0.15, 0.2) is 24.5 Å². The van der Waals surface area contributed by atoms with Crippen molar-refractivity contribution in [2.24, 2.45) is 0 Å². The molecule has 0 aliphatic rings. The maximum absolute atomic E-state index is 10.7. The summed E-state index contributed by atoms with van der Waals surface area (Å²) >= 11 is 0. The second-order valence-electron chi connectivity index (χ2n) is 5.51. The van der Waals surface area contributed by atoms with Crippen LogP contribution in [-0.2, 0) is 23.1 Å². The first kappa shape index (κ1) is 22.9. The van der Waals surface area contributed by atoms with Gasteiger partial charge in [0.05, 0.1) is 0 Å². The summed E-state index contributed by atoms with van der Waals surface area (Å²) in [5, 5.41) is 0. The topological polar surface area (TPSA) is 61.1 Å². The lowest BCUT2D eigenvalue weighted by molar-refractivity contribution is -0.697. The molecular formula is C16H26F3NO3S. The zero-order valence-corrected chi connectivity index (χ0v) is 15.0. The summed E-state index contributed by atoms with van der Waals surface area (Å²) in [5.74, 6) is 0. The van der Waals surface area contributed by atoms with Gasteiger partial charge in [0.15, 0.2) is 22.5 Å². The van der Waals surface area contributed by atoms with Crippen molar-refractivity contribution in [3.63, 3.8) is 0 Å². The minimum absolute atomic E-state index is 1.18. The molecule has 1 aromatic heterocycles. The molecule has 0 saturated carbocycles. The molecule has 0 bridgehead atoms. The van der Waals surface area contributed by atoms with E-state index in [1.54, 1.807) is 0 Å². The number of rotatable bonds is 8. The summed E-state index contributed by atoms with van der Waals surface area (Å²) in [4.78, 5) is 0. The van der Waals surface area contributed by atoms with E-state index in [4.69, 9.17) is 13.0 Å². The number of hydrogen-bond acceptors (Lipinski definition) is 3. The van der Waals surface area contributed by atoms with Gasteiger partial charge in [-0.2, -0.15) is 13.2 Å². The fraction of sp³-hybridized carbons (Fsp3) is 0.688. The lowest BCUT2D eigenvalue weighted by Gasteiger charge is -2.08. The van der Waals surface area contributed by atoms with Gasteiger partial charge < -0.3 is 4.55 Å². The van der Waals surface area contributed by atoms with Crippen LogP contribution in [0.2, 0.25) is 0 Å². The molecular weight excluding hydrogens is 343 g/mol. The summed E-state index contributed by atoms with van der Waals surface area (Å²) < 4.78 is 61.3. The van der Waals surface area contributed by atoms with Crippen LogP contribution in [0.25, 0.3) is 0 Å². The van der Waals surface area contributed by atoms with Crippen LogP contribution >= 0.6 is 0 Å². The minimum Gasteiger partial charge on any atom is -0.741 e. The van der Waals surface area contributed by atoms with Gasteiger partial charge in [-0.1, -0.05) is 33.1 Å². The third-order valence-corrected chi connectivity index (χ3v) is 3.86. The highest BCUT2D eigenvalue weighted by atomic mass is 32.2. The normalized spacial score (nSPS) is 11.8. The number of alkyl halides is 3. The lowest BCUT2D eigenvalue weighted by atomic mass is 10.1. The fourth-order valence-electron chi connectivity index (χ4n) is 1.97. The second-order valence-corrected chi connectivity index (χ2v) is 6.89. The molecule has 0 aliphatic heterocycles. The highest BCUT2D eigenvalue weighted by molar-refractivity contribution is 7.86. The van der Waals surface area contributed by atoms with Crippen molar-refractivity contribution in [3.8, 4) is 0 Å². The Labute approximate surface area is 142 Å². The number of pyridine rings is 1. The summed E-state index contributed by atoms with van der Waals surface area (Å²) in [6.07, 6.45) is 13.7. The van der Waals surface area contributed by atoms with E-state index in [1.807, 2.05) is 0 Å². The second kappa shape index (κ2) is 11.4. The van der Waals surface area contributed by atoms with Crippen molar-refractivity contribution in [2.45, 2.75) is 70.8 Å². The molecule has 24 heavy (non-hydrogen) atoms. The highest BCUT2D eigenvalue weighted by Gasteiger charge is 2.36. The fourth-order valence-corrected chi connectivity index (χ4v) is 1.97. The molecule has 8 heteroatoms. The Morgan fingerprint density at radius 3 is 2.17 bits per heavy atom. The van der Waals surface area contributed by atoms with Gasteiger partial charge in [-0.25, -0.2) is 13.0 Å². The maximum Gasteiger partial charge on any atom is 0.485 e. The molecule has 0 radical (unpaired) electrons. The van der Waals surface area contributed by atoms with E-state index in [-0.39, 0.29) is 0 Å². The van der Waals surface area contributed by atoms with Crippen molar-refractivity contribution in [2.75, 3.05) is 0 Å². The van der Waals surface area contributed by atoms with Gasteiger partial charge in [0.1, 0.15) is 6.54 Å². The summed E-state index contributed by atoms with van der Waals surface area (Å²) in [6, 6.07) is 4.43. The van der Waals surface area contributed by atoms with Crippen molar-refractivity contribution in [3.05, 3.63) is 30.1 Å². The molecule has 0 amide bonds. The Morgan fingerprint density at radius 2 is 1.67 bits per heavy atom. The number of aryl methyl sites for hydroxylation is 2. The first-order valence-corrected chi connectivity index (χ1v) is 9.52. The van der Waals surface area contributed by atoms with Gasteiger partial charge in [-0.15, -0.1) is 0 Å². The summed E-state index contributed by atoms with van der Waals surface area (Å²) in [7, 11) is -6.09. The van der Waals surface area contributed by atoms with Crippen LogP contribution in [0.3, 0.4) is 0 Å². The van der Waals surface area contributed by atoms with E-state index in [0.717, 1.165) is 0 Å². The molecule has 1 aromatic rings. The average Bonchev–Trinajstić information content (AvgIpc) is 2.49. The predicted molar refractivity (Wildman–Crippen MR) is 85.1 cm³/mol. The Bertz CT molecular complexity index is 560. The smallest absolute Gasteiger partial charge is 0.485 e. The van der Waals surface area contributed by atoms with Crippen LogP contribution in [0, 0.1) is 0 Å². The maximum atomic E-state index is 10.7. The Kier molecular flexibility index (Phi) is 10.9. The van der Waals surface area contributed by atoms with Gasteiger partial charge in [-0.05, 0) is 25.3 Å². The van der Waals surface area contributed by atoms with Gasteiger partial charge in [-0.3, -0.25) is 0 Å². The number of nitrogens with zero attached hydrogens (tertiary/aromatic N) is 1. The molecule has 1 rings (SSSR count). The van der Waals surface area contributed by atoms with E-state index in [9.17, 15) is 13.2 Å². The van der Waals surface area contributed by atoms with Crippen molar-refractivity contribution in [1.29, 1.82) is 0 Å². The monoisotopic (exact) mass is 369 g/mol. The predicted octanol–water partition coefficient (Wildman–Crippen LogP) is 3.95. The van der Waals surface area contributed by atoms with Crippen LogP contribution in [0.4, 0.5) is 13.2 Å². The first-order valence-electron chi connectivity index (χ1n) is 8.12. The summed E-state index contributed by atoms with van der Waals surface area (Å²) in [6.45, 7) is 5.69. The Balaban J connectivity index is 0.000000561. The Hall–Kier alpha value is -1.15. The molecule has 0 unspecified atom stereocenters. The molecule has 0 atom stereocenters. The van der Waals surface area contributed by atoms with Crippen LogP contribution in [-0.4, -0.2) is 18.5 Å². The van der Waals surface area contributed by atoms with E-state index in [0.29, 0.717) is 0 Å². The quantitative estimate of drug-likeness (QED) is 0.302. The van der Waals surface area contributed by atoms with Crippen LogP contribution in [0.5, 0.6) is 0 Å². The number of unbranched alkanes of at least 4 members (excludes halogenated alkanes) is 4. The first-order chi connectivity index (χ1) is 11.1. The molecule has 0 aliphatic carbocycles. The molecule has 0 spiro atoms. The van der Waals surface area contributed by atoms with Gasteiger partial charge in [0, 0.05) is 18.1 Å². The summed E-state index contributed by atoms with van der Waals surface area (Å²) in [5.41, 5.74) is -4.16. The van der Waals surface area contributed by atoms with Crippen molar-refractivity contribution in [1.82, 2.24) is 0 Å². The van der Waals surface area contributed by atoms with E-state index in [1.165, 1.54) is 57.1 Å². The molecule has 140 valence electrons. The third kappa shape index (κ3) is 10.6. The van der Waals surface area contributed by atoms with Crippen molar-refractivity contribution < 1.29 is 30.7 Å². The third-order valence-electron chi connectivity index (χ3n) is 3.29. The zero-order valence-electron chi connectivity index (χ0n) is 14.2. The zero-order chi connectivity index (χ0) is 18.6. The van der Waals surface area contributed by atoms with E-state index < -0.39 is 15.6 Å². The molecule has 0 N–H and O–H groups in total. The molecule has 4 nitrogen and oxygen atoms in total. The molecule has 0 saturated heterocycles.